The lowest BCUT2D eigenvalue weighted by Gasteiger charge is -1.95. The molecule has 0 saturated carbocycles. The number of rotatable bonds is 2. The van der Waals surface area contributed by atoms with E-state index in [1.54, 1.807) is 6.92 Å². The zero-order chi connectivity index (χ0) is 10.0. The molecule has 0 aromatic carbocycles. The normalized spacial score (nSPS) is 9.77. The van der Waals surface area contributed by atoms with Crippen LogP contribution in [0.5, 0.6) is 0 Å². The Balaban J connectivity index is 3.01. The molecular formula is C9H10O3S. The van der Waals surface area contributed by atoms with E-state index in [0.29, 0.717) is 4.88 Å². The number of hydrogen-bond acceptors (Lipinski definition) is 4. The van der Waals surface area contributed by atoms with Gasteiger partial charge in [-0.3, -0.25) is 4.79 Å². The zero-order valence-corrected chi connectivity index (χ0v) is 8.53. The predicted octanol–water partition coefficient (Wildman–Crippen LogP) is 1.72. The van der Waals surface area contributed by atoms with Crippen molar-refractivity contribution in [3.05, 3.63) is 21.4 Å². The number of carbonyl (C=O) groups excluding carboxylic acids is 2. The van der Waals surface area contributed by atoms with Crippen LogP contribution >= 0.6 is 11.3 Å². The molecule has 0 spiro atoms. The minimum absolute atomic E-state index is 0.476. The lowest BCUT2D eigenvalue weighted by atomic mass is 10.2. The van der Waals surface area contributed by atoms with E-state index >= 15 is 0 Å². The van der Waals surface area contributed by atoms with Gasteiger partial charge in [-0.1, -0.05) is 0 Å². The van der Waals surface area contributed by atoms with Crippen molar-refractivity contribution >= 4 is 23.1 Å². The Hall–Kier alpha value is -1.16. The topological polar surface area (TPSA) is 43.4 Å². The average Bonchev–Trinajstić information content (AvgIpc) is 2.42. The summed E-state index contributed by atoms with van der Waals surface area (Å²) in [5.74, 6) is -1.36. The summed E-state index contributed by atoms with van der Waals surface area (Å²) < 4.78 is 4.35. The quantitative estimate of drug-likeness (QED) is 0.413. The molecule has 0 saturated heterocycles. The predicted molar refractivity (Wildman–Crippen MR) is 50.1 cm³/mol. The van der Waals surface area contributed by atoms with Crippen LogP contribution < -0.4 is 0 Å². The van der Waals surface area contributed by atoms with Crippen LogP contribution in [0, 0.1) is 13.8 Å². The second-order valence-corrected chi connectivity index (χ2v) is 3.95. The molecule has 0 fully saturated rings. The SMILES string of the molecule is COC(=O)C(=O)c1sc(C)cc1C. The molecule has 70 valence electrons. The fourth-order valence-electron chi connectivity index (χ4n) is 1.05. The van der Waals surface area contributed by atoms with Gasteiger partial charge in [0, 0.05) is 4.88 Å². The van der Waals surface area contributed by atoms with Crippen molar-refractivity contribution in [3.63, 3.8) is 0 Å². The monoisotopic (exact) mass is 198 g/mol. The molecule has 0 amide bonds. The third kappa shape index (κ3) is 1.95. The molecule has 0 atom stereocenters. The van der Waals surface area contributed by atoms with Crippen molar-refractivity contribution in [2.24, 2.45) is 0 Å². The first-order chi connectivity index (χ1) is 6.06. The fourth-order valence-corrected chi connectivity index (χ4v) is 2.01. The number of methoxy groups -OCH3 is 1. The van der Waals surface area contributed by atoms with Gasteiger partial charge in [0.1, 0.15) is 0 Å². The van der Waals surface area contributed by atoms with Crippen LogP contribution in [0.3, 0.4) is 0 Å². The van der Waals surface area contributed by atoms with Crippen LogP contribution in [0.2, 0.25) is 0 Å². The first kappa shape index (κ1) is 9.92. The number of hydrogen-bond donors (Lipinski definition) is 0. The smallest absolute Gasteiger partial charge is 0.380 e. The van der Waals surface area contributed by atoms with Gasteiger partial charge in [-0.2, -0.15) is 0 Å². The summed E-state index contributed by atoms with van der Waals surface area (Å²) in [7, 11) is 1.20. The lowest BCUT2D eigenvalue weighted by Crippen LogP contribution is -2.15. The van der Waals surface area contributed by atoms with Gasteiger partial charge >= 0.3 is 5.97 Å². The summed E-state index contributed by atoms with van der Waals surface area (Å²) in [6, 6.07) is 1.88. The molecular weight excluding hydrogens is 188 g/mol. The molecule has 4 heteroatoms. The van der Waals surface area contributed by atoms with E-state index in [4.69, 9.17) is 0 Å². The molecule has 1 aromatic rings. The second-order valence-electron chi connectivity index (χ2n) is 2.69. The molecule has 0 aliphatic heterocycles. The summed E-state index contributed by atoms with van der Waals surface area (Å²) in [5, 5.41) is 0. The molecule has 1 aromatic heterocycles. The van der Waals surface area contributed by atoms with Gasteiger partial charge in [-0.15, -0.1) is 11.3 Å². The zero-order valence-electron chi connectivity index (χ0n) is 7.71. The number of thiophene rings is 1. The fraction of sp³-hybridized carbons (Fsp3) is 0.333. The van der Waals surface area contributed by atoms with Crippen molar-refractivity contribution < 1.29 is 14.3 Å². The van der Waals surface area contributed by atoms with Crippen LogP contribution in [-0.2, 0) is 9.53 Å². The van der Waals surface area contributed by atoms with Crippen LogP contribution in [0.4, 0.5) is 0 Å². The highest BCUT2D eigenvalue weighted by Crippen LogP contribution is 2.21. The van der Waals surface area contributed by atoms with Crippen molar-refractivity contribution in [2.75, 3.05) is 7.11 Å². The Morgan fingerprint density at radius 1 is 1.38 bits per heavy atom. The maximum absolute atomic E-state index is 11.3. The summed E-state index contributed by atoms with van der Waals surface area (Å²) >= 11 is 1.32. The molecule has 0 N–H and O–H groups in total. The van der Waals surface area contributed by atoms with E-state index in [2.05, 4.69) is 4.74 Å². The van der Waals surface area contributed by atoms with Crippen molar-refractivity contribution in [3.8, 4) is 0 Å². The minimum Gasteiger partial charge on any atom is -0.463 e. The highest BCUT2D eigenvalue weighted by molar-refractivity contribution is 7.15. The average molecular weight is 198 g/mol. The van der Waals surface area contributed by atoms with Crippen molar-refractivity contribution in [2.45, 2.75) is 13.8 Å². The van der Waals surface area contributed by atoms with E-state index in [1.165, 1.54) is 18.4 Å². The molecule has 0 aliphatic rings. The molecule has 0 bridgehead atoms. The van der Waals surface area contributed by atoms with E-state index in [9.17, 15) is 9.59 Å². The highest BCUT2D eigenvalue weighted by Gasteiger charge is 2.20. The number of carbonyl (C=O) groups is 2. The Morgan fingerprint density at radius 3 is 2.38 bits per heavy atom. The standard InChI is InChI=1S/C9H10O3S/c1-5-4-6(2)13-8(5)7(10)9(11)12-3/h4H,1-3H3. The van der Waals surface area contributed by atoms with Gasteiger partial charge in [-0.05, 0) is 25.5 Å². The molecule has 0 aliphatic carbocycles. The molecule has 1 heterocycles. The van der Waals surface area contributed by atoms with Gasteiger partial charge in [0.25, 0.3) is 5.78 Å². The number of ketones is 1. The Bertz CT molecular complexity index is 352. The lowest BCUT2D eigenvalue weighted by molar-refractivity contribution is -0.135. The highest BCUT2D eigenvalue weighted by atomic mass is 32.1. The third-order valence-corrected chi connectivity index (χ3v) is 2.77. The summed E-state index contributed by atoms with van der Waals surface area (Å²) in [5.41, 5.74) is 0.831. The maximum atomic E-state index is 11.3. The van der Waals surface area contributed by atoms with E-state index in [-0.39, 0.29) is 0 Å². The maximum Gasteiger partial charge on any atom is 0.380 e. The van der Waals surface area contributed by atoms with E-state index in [0.717, 1.165) is 10.4 Å². The first-order valence-electron chi connectivity index (χ1n) is 3.76. The van der Waals surface area contributed by atoms with Crippen LogP contribution in [0.15, 0.2) is 6.07 Å². The molecule has 3 nitrogen and oxygen atoms in total. The third-order valence-electron chi connectivity index (χ3n) is 1.62. The van der Waals surface area contributed by atoms with Gasteiger partial charge in [0.15, 0.2) is 0 Å². The molecule has 0 radical (unpaired) electrons. The summed E-state index contributed by atoms with van der Waals surface area (Å²) in [6.07, 6.45) is 0. The summed E-state index contributed by atoms with van der Waals surface area (Å²) in [4.78, 5) is 23.7. The van der Waals surface area contributed by atoms with Gasteiger partial charge in [-0.25, -0.2) is 4.79 Å². The summed E-state index contributed by atoms with van der Waals surface area (Å²) in [6.45, 7) is 3.70. The van der Waals surface area contributed by atoms with Crippen LogP contribution in [0.25, 0.3) is 0 Å². The molecule has 13 heavy (non-hydrogen) atoms. The van der Waals surface area contributed by atoms with Gasteiger partial charge in [0.05, 0.1) is 12.0 Å². The Morgan fingerprint density at radius 2 is 2.00 bits per heavy atom. The van der Waals surface area contributed by atoms with Gasteiger partial charge < -0.3 is 4.74 Å². The Kier molecular flexibility index (Phi) is 2.83. The minimum atomic E-state index is -0.801. The van der Waals surface area contributed by atoms with Crippen LogP contribution in [-0.4, -0.2) is 18.9 Å². The second kappa shape index (κ2) is 3.70. The van der Waals surface area contributed by atoms with Gasteiger partial charge in [0.2, 0.25) is 0 Å². The van der Waals surface area contributed by atoms with E-state index < -0.39 is 11.8 Å². The van der Waals surface area contributed by atoms with Crippen LogP contribution in [0.1, 0.15) is 20.1 Å². The largest absolute Gasteiger partial charge is 0.463 e. The van der Waals surface area contributed by atoms with Crippen molar-refractivity contribution in [1.29, 1.82) is 0 Å². The number of ether oxygens (including phenoxy) is 1. The first-order valence-corrected chi connectivity index (χ1v) is 4.57. The molecule has 0 unspecified atom stereocenters. The number of esters is 1. The molecule has 1 rings (SSSR count). The number of aryl methyl sites for hydroxylation is 2. The van der Waals surface area contributed by atoms with Crippen molar-refractivity contribution in [1.82, 2.24) is 0 Å². The van der Waals surface area contributed by atoms with E-state index in [1.807, 2.05) is 13.0 Å². The number of Topliss-reactive ketones (excluding diaryl/α,β-unsaturated/α-hetero) is 1. The Labute approximate surface area is 80.3 Å².